The Morgan fingerprint density at radius 3 is 2.69 bits per heavy atom. The van der Waals surface area contributed by atoms with Gasteiger partial charge in [-0.3, -0.25) is 15.0 Å². The summed E-state index contributed by atoms with van der Waals surface area (Å²) in [4.78, 5) is 26.0. The number of esters is 1. The zero-order valence-electron chi connectivity index (χ0n) is 19.0. The maximum absolute atomic E-state index is 11.9. The molecule has 0 aromatic heterocycles. The van der Waals surface area contributed by atoms with Crippen LogP contribution in [0.4, 0.5) is 4.79 Å². The van der Waals surface area contributed by atoms with E-state index < -0.39 is 6.09 Å². The van der Waals surface area contributed by atoms with E-state index in [-0.39, 0.29) is 11.9 Å². The van der Waals surface area contributed by atoms with Crippen molar-refractivity contribution in [2.24, 2.45) is 5.92 Å². The number of benzene rings is 1. The normalized spacial score (nSPS) is 17.1. The van der Waals surface area contributed by atoms with Gasteiger partial charge in [0.1, 0.15) is 18.1 Å². The zero-order valence-corrected chi connectivity index (χ0v) is 19.0. The SMILES string of the molecule is C/C=C\C=CC/C=C/NC(=O)Oc1ccc(OCCN2CCCC(C(=O)OCC)C2)cc1. The van der Waals surface area contributed by atoms with Crippen LogP contribution in [0.3, 0.4) is 0 Å². The van der Waals surface area contributed by atoms with Crippen LogP contribution >= 0.6 is 0 Å². The van der Waals surface area contributed by atoms with Crippen LogP contribution < -0.4 is 14.8 Å². The Balaban J connectivity index is 1.66. The molecule has 1 aliphatic rings. The molecule has 1 atom stereocenters. The molecule has 2 rings (SSSR count). The third-order valence-electron chi connectivity index (χ3n) is 4.87. The van der Waals surface area contributed by atoms with Crippen molar-refractivity contribution in [3.8, 4) is 11.5 Å². The standard InChI is InChI=1S/C25H34N2O5/c1-3-5-6-7-8-9-16-26-25(29)32-23-14-12-22(13-15-23)31-19-18-27-17-10-11-21(20-27)24(28)30-4-2/h3,5-7,9,12-16,21H,4,8,10-11,17-20H2,1-2H3,(H,26,29)/b5-3-,7-6?,16-9+. The van der Waals surface area contributed by atoms with Crippen LogP contribution in [0, 0.1) is 5.92 Å². The average Bonchev–Trinajstić information content (AvgIpc) is 2.80. The number of ether oxygens (including phenoxy) is 3. The number of rotatable bonds is 11. The van der Waals surface area contributed by atoms with Crippen molar-refractivity contribution >= 4 is 12.1 Å². The van der Waals surface area contributed by atoms with Gasteiger partial charge < -0.3 is 14.2 Å². The van der Waals surface area contributed by atoms with E-state index in [0.29, 0.717) is 31.3 Å². The van der Waals surface area contributed by atoms with E-state index in [1.165, 1.54) is 0 Å². The second-order valence-electron chi connectivity index (χ2n) is 7.34. The second-order valence-corrected chi connectivity index (χ2v) is 7.34. The van der Waals surface area contributed by atoms with Gasteiger partial charge in [0.25, 0.3) is 0 Å². The quantitative estimate of drug-likeness (QED) is 0.403. The first-order valence-corrected chi connectivity index (χ1v) is 11.2. The van der Waals surface area contributed by atoms with Crippen LogP contribution in [0.2, 0.25) is 0 Å². The van der Waals surface area contributed by atoms with E-state index in [2.05, 4.69) is 10.2 Å². The molecule has 0 spiro atoms. The summed E-state index contributed by atoms with van der Waals surface area (Å²) in [5.74, 6) is 0.985. The lowest BCUT2D eigenvalue weighted by molar-refractivity contribution is -0.150. The van der Waals surface area contributed by atoms with E-state index in [1.807, 2.05) is 44.2 Å². The molecule has 0 radical (unpaired) electrons. The number of allylic oxidation sites excluding steroid dienone is 5. The van der Waals surface area contributed by atoms with Crippen LogP contribution in [-0.2, 0) is 9.53 Å². The minimum Gasteiger partial charge on any atom is -0.492 e. The van der Waals surface area contributed by atoms with E-state index in [9.17, 15) is 9.59 Å². The van der Waals surface area contributed by atoms with Crippen molar-refractivity contribution in [1.29, 1.82) is 0 Å². The van der Waals surface area contributed by atoms with Gasteiger partial charge in [0, 0.05) is 19.3 Å². The molecule has 1 aromatic carbocycles. The highest BCUT2D eigenvalue weighted by Gasteiger charge is 2.26. The zero-order chi connectivity index (χ0) is 23.0. The van der Waals surface area contributed by atoms with Crippen molar-refractivity contribution in [3.05, 3.63) is 60.8 Å². The Morgan fingerprint density at radius 1 is 1.16 bits per heavy atom. The molecule has 174 valence electrons. The summed E-state index contributed by atoms with van der Waals surface area (Å²) >= 11 is 0. The van der Waals surface area contributed by atoms with Crippen molar-refractivity contribution in [2.75, 3.05) is 32.8 Å². The first-order valence-electron chi connectivity index (χ1n) is 11.2. The van der Waals surface area contributed by atoms with Crippen LogP contribution in [0.15, 0.2) is 60.8 Å². The van der Waals surface area contributed by atoms with Gasteiger partial charge in [-0.25, -0.2) is 4.79 Å². The van der Waals surface area contributed by atoms with Crippen molar-refractivity contribution < 1.29 is 23.8 Å². The highest BCUT2D eigenvalue weighted by molar-refractivity contribution is 5.72. The van der Waals surface area contributed by atoms with Gasteiger partial charge in [-0.2, -0.15) is 0 Å². The summed E-state index contributed by atoms with van der Waals surface area (Å²) in [7, 11) is 0. The van der Waals surface area contributed by atoms with Gasteiger partial charge in [0.15, 0.2) is 0 Å². The molecule has 1 saturated heterocycles. The first kappa shape index (κ1) is 25.2. The number of carbonyl (C=O) groups is 2. The van der Waals surface area contributed by atoms with Crippen LogP contribution in [0.1, 0.15) is 33.1 Å². The van der Waals surface area contributed by atoms with Crippen LogP contribution in [0.5, 0.6) is 11.5 Å². The highest BCUT2D eigenvalue weighted by atomic mass is 16.6. The average molecular weight is 443 g/mol. The van der Waals surface area contributed by atoms with E-state index in [0.717, 1.165) is 32.4 Å². The molecule has 32 heavy (non-hydrogen) atoms. The number of carbonyl (C=O) groups excluding carboxylic acids is 2. The third-order valence-corrected chi connectivity index (χ3v) is 4.87. The molecule has 1 fully saturated rings. The number of nitrogens with zero attached hydrogens (tertiary/aromatic N) is 1. The summed E-state index contributed by atoms with van der Waals surface area (Å²) in [6.45, 7) is 7.14. The Bertz CT molecular complexity index is 786. The molecule has 1 heterocycles. The molecule has 1 amide bonds. The molecule has 1 aliphatic heterocycles. The Kier molecular flexibility index (Phi) is 11.7. The monoisotopic (exact) mass is 442 g/mol. The number of likely N-dealkylation sites (tertiary alicyclic amines) is 1. The van der Waals surface area contributed by atoms with Crippen molar-refractivity contribution in [1.82, 2.24) is 10.2 Å². The summed E-state index contributed by atoms with van der Waals surface area (Å²) in [6.07, 6.45) is 13.2. The number of amides is 1. The Hall–Kier alpha value is -3.06. The fourth-order valence-electron chi connectivity index (χ4n) is 3.29. The molecular formula is C25H34N2O5. The number of hydrogen-bond acceptors (Lipinski definition) is 6. The van der Waals surface area contributed by atoms with Crippen LogP contribution in [-0.4, -0.2) is 49.8 Å². The van der Waals surface area contributed by atoms with Gasteiger partial charge in [0.2, 0.25) is 0 Å². The minimum atomic E-state index is -0.548. The molecule has 1 unspecified atom stereocenters. The topological polar surface area (TPSA) is 77.1 Å². The van der Waals surface area contributed by atoms with Gasteiger partial charge in [-0.1, -0.05) is 30.4 Å². The van der Waals surface area contributed by atoms with Gasteiger partial charge in [-0.05, 0) is 63.9 Å². The second kappa shape index (κ2) is 14.9. The van der Waals surface area contributed by atoms with E-state index in [1.54, 1.807) is 30.5 Å². The lowest BCUT2D eigenvalue weighted by Crippen LogP contribution is -2.41. The largest absolute Gasteiger partial charge is 0.492 e. The lowest BCUT2D eigenvalue weighted by atomic mass is 9.98. The van der Waals surface area contributed by atoms with Gasteiger partial charge in [-0.15, -0.1) is 0 Å². The van der Waals surface area contributed by atoms with Crippen LogP contribution in [0.25, 0.3) is 0 Å². The summed E-state index contributed by atoms with van der Waals surface area (Å²) in [6, 6.07) is 6.91. The Morgan fingerprint density at radius 2 is 1.94 bits per heavy atom. The third kappa shape index (κ3) is 9.83. The number of nitrogens with one attached hydrogen (secondary N) is 1. The highest BCUT2D eigenvalue weighted by Crippen LogP contribution is 2.19. The summed E-state index contributed by atoms with van der Waals surface area (Å²) in [5.41, 5.74) is 0. The molecule has 0 saturated carbocycles. The molecule has 7 nitrogen and oxygen atoms in total. The van der Waals surface area contributed by atoms with Gasteiger partial charge >= 0.3 is 12.1 Å². The first-order chi connectivity index (χ1) is 15.6. The van der Waals surface area contributed by atoms with Crippen molar-refractivity contribution in [2.45, 2.75) is 33.1 Å². The molecule has 1 N–H and O–H groups in total. The predicted molar refractivity (Wildman–Crippen MR) is 125 cm³/mol. The summed E-state index contributed by atoms with van der Waals surface area (Å²) < 4.78 is 16.2. The molecular weight excluding hydrogens is 408 g/mol. The lowest BCUT2D eigenvalue weighted by Gasteiger charge is -2.31. The molecule has 1 aromatic rings. The molecule has 0 aliphatic carbocycles. The summed E-state index contributed by atoms with van der Waals surface area (Å²) in [5, 5.41) is 2.56. The van der Waals surface area contributed by atoms with E-state index in [4.69, 9.17) is 14.2 Å². The number of hydrogen-bond donors (Lipinski definition) is 1. The predicted octanol–water partition coefficient (Wildman–Crippen LogP) is 4.47. The fourth-order valence-corrected chi connectivity index (χ4v) is 3.29. The van der Waals surface area contributed by atoms with Crippen molar-refractivity contribution in [3.63, 3.8) is 0 Å². The Labute approximate surface area is 190 Å². The minimum absolute atomic E-state index is 0.0456. The maximum atomic E-state index is 11.9. The number of piperidine rings is 1. The molecule has 0 bridgehead atoms. The maximum Gasteiger partial charge on any atom is 0.416 e. The fraction of sp³-hybridized carbons (Fsp3) is 0.440. The molecule has 7 heteroatoms. The smallest absolute Gasteiger partial charge is 0.416 e. The van der Waals surface area contributed by atoms with E-state index >= 15 is 0 Å². The van der Waals surface area contributed by atoms with Gasteiger partial charge in [0.05, 0.1) is 12.5 Å².